The number of aryl methyl sites for hydroxylation is 3. The number of rotatable bonds is 6. The molecule has 3 rings (SSSR count). The van der Waals surface area contributed by atoms with E-state index in [0.717, 1.165) is 23.5 Å². The fourth-order valence-corrected chi connectivity index (χ4v) is 3.34. The third-order valence-electron chi connectivity index (χ3n) is 4.55. The molecule has 0 bridgehead atoms. The number of hydrogen-bond acceptors (Lipinski definition) is 6. The molecule has 1 atom stereocenters. The van der Waals surface area contributed by atoms with Crippen molar-refractivity contribution < 1.29 is 13.7 Å². The first-order chi connectivity index (χ1) is 12.8. The van der Waals surface area contributed by atoms with Gasteiger partial charge in [-0.2, -0.15) is 0 Å². The fraction of sp³-hybridized carbons (Fsp3) is 0.450. The molecule has 8 heteroatoms. The molecule has 0 radical (unpaired) electrons. The van der Waals surface area contributed by atoms with E-state index < -0.39 is 0 Å². The summed E-state index contributed by atoms with van der Waals surface area (Å²) in [6, 6.07) is 3.57. The standard InChI is InChI=1S/C20H26N4O3.ClH/c1-10(2)6-14(9-21)22-19(25)16-8-17(15-7-11(3)26-13(15)5)23-20-18(16)12(4)24-27-20;/h7-8,10,14H,6,9,21H2,1-5H3,(H,22,25);1H. The highest BCUT2D eigenvalue weighted by Gasteiger charge is 2.22. The Balaban J connectivity index is 0.00000280. The van der Waals surface area contributed by atoms with Gasteiger partial charge in [-0.1, -0.05) is 19.0 Å². The van der Waals surface area contributed by atoms with E-state index in [4.69, 9.17) is 14.7 Å². The first kappa shape index (κ1) is 21.9. The van der Waals surface area contributed by atoms with E-state index in [2.05, 4.69) is 29.3 Å². The molecular weight excluding hydrogens is 380 g/mol. The number of furan rings is 1. The van der Waals surface area contributed by atoms with Gasteiger partial charge in [0.1, 0.15) is 11.5 Å². The Kier molecular flexibility index (Phi) is 6.85. The summed E-state index contributed by atoms with van der Waals surface area (Å²) in [6.45, 7) is 10.1. The van der Waals surface area contributed by atoms with E-state index in [1.165, 1.54) is 0 Å². The highest BCUT2D eigenvalue weighted by Crippen LogP contribution is 2.30. The van der Waals surface area contributed by atoms with Crippen molar-refractivity contribution >= 4 is 29.4 Å². The lowest BCUT2D eigenvalue weighted by Gasteiger charge is -2.19. The van der Waals surface area contributed by atoms with Crippen LogP contribution < -0.4 is 11.1 Å². The molecule has 3 heterocycles. The average molecular weight is 407 g/mol. The van der Waals surface area contributed by atoms with Crippen molar-refractivity contribution in [3.63, 3.8) is 0 Å². The van der Waals surface area contributed by atoms with Gasteiger partial charge in [-0.05, 0) is 45.2 Å². The van der Waals surface area contributed by atoms with E-state index in [0.29, 0.717) is 40.5 Å². The van der Waals surface area contributed by atoms with Crippen LogP contribution in [0.2, 0.25) is 0 Å². The van der Waals surface area contributed by atoms with Crippen LogP contribution in [0.5, 0.6) is 0 Å². The summed E-state index contributed by atoms with van der Waals surface area (Å²) in [7, 11) is 0. The van der Waals surface area contributed by atoms with E-state index in [9.17, 15) is 4.79 Å². The van der Waals surface area contributed by atoms with Crippen molar-refractivity contribution in [3.8, 4) is 11.3 Å². The molecule has 1 unspecified atom stereocenters. The van der Waals surface area contributed by atoms with Crippen LogP contribution in [0.15, 0.2) is 21.1 Å². The number of aromatic nitrogens is 2. The summed E-state index contributed by atoms with van der Waals surface area (Å²) >= 11 is 0. The molecule has 7 nitrogen and oxygen atoms in total. The minimum absolute atomic E-state index is 0. The summed E-state index contributed by atoms with van der Waals surface area (Å²) in [5.74, 6) is 1.75. The molecule has 0 spiro atoms. The van der Waals surface area contributed by atoms with Gasteiger partial charge in [0.05, 0.1) is 22.3 Å². The molecule has 0 fully saturated rings. The molecule has 0 aliphatic heterocycles. The van der Waals surface area contributed by atoms with Crippen LogP contribution in [-0.2, 0) is 0 Å². The molecule has 0 aliphatic carbocycles. The lowest BCUT2D eigenvalue weighted by Crippen LogP contribution is -2.41. The number of nitrogens with one attached hydrogen (secondary N) is 1. The number of fused-ring (bicyclic) bond motifs is 1. The number of carbonyl (C=O) groups excluding carboxylic acids is 1. The molecule has 152 valence electrons. The zero-order chi connectivity index (χ0) is 19.7. The molecule has 0 saturated heterocycles. The monoisotopic (exact) mass is 406 g/mol. The van der Waals surface area contributed by atoms with Crippen LogP contribution in [0.1, 0.15) is 47.8 Å². The van der Waals surface area contributed by atoms with Crippen molar-refractivity contribution in [2.45, 2.75) is 47.1 Å². The molecule has 3 aromatic heterocycles. The van der Waals surface area contributed by atoms with Crippen molar-refractivity contribution in [3.05, 3.63) is 34.9 Å². The van der Waals surface area contributed by atoms with E-state index in [1.54, 1.807) is 13.0 Å². The van der Waals surface area contributed by atoms with Crippen molar-refractivity contribution in [2.24, 2.45) is 11.7 Å². The van der Waals surface area contributed by atoms with Crippen molar-refractivity contribution in [2.75, 3.05) is 6.54 Å². The van der Waals surface area contributed by atoms with Crippen LogP contribution >= 0.6 is 12.4 Å². The molecule has 28 heavy (non-hydrogen) atoms. The Hall–Kier alpha value is -2.38. The smallest absolute Gasteiger partial charge is 0.259 e. The summed E-state index contributed by atoms with van der Waals surface area (Å²) in [6.07, 6.45) is 0.811. The van der Waals surface area contributed by atoms with Crippen LogP contribution in [0.4, 0.5) is 0 Å². The van der Waals surface area contributed by atoms with Crippen LogP contribution in [-0.4, -0.2) is 28.6 Å². The normalized spacial score (nSPS) is 12.2. The maximum Gasteiger partial charge on any atom is 0.259 e. The molecule has 0 aliphatic rings. The topological polar surface area (TPSA) is 107 Å². The van der Waals surface area contributed by atoms with Gasteiger partial charge in [0.25, 0.3) is 11.6 Å². The molecule has 0 aromatic carbocycles. The first-order valence-electron chi connectivity index (χ1n) is 9.15. The summed E-state index contributed by atoms with van der Waals surface area (Å²) < 4.78 is 11.0. The Morgan fingerprint density at radius 3 is 2.54 bits per heavy atom. The zero-order valence-corrected chi connectivity index (χ0v) is 17.6. The Morgan fingerprint density at radius 2 is 1.96 bits per heavy atom. The highest BCUT2D eigenvalue weighted by atomic mass is 35.5. The van der Waals surface area contributed by atoms with Gasteiger partial charge in [-0.15, -0.1) is 12.4 Å². The average Bonchev–Trinajstić information content (AvgIpc) is 3.14. The SMILES string of the molecule is Cc1cc(-c2cc(C(=O)NC(CN)CC(C)C)c3c(C)noc3n2)c(C)o1.Cl. The number of nitrogens with zero attached hydrogens (tertiary/aromatic N) is 2. The van der Waals surface area contributed by atoms with Gasteiger partial charge in [-0.25, -0.2) is 4.98 Å². The minimum atomic E-state index is -0.205. The van der Waals surface area contributed by atoms with Crippen LogP contribution in [0, 0.1) is 26.7 Å². The maximum atomic E-state index is 13.0. The fourth-order valence-electron chi connectivity index (χ4n) is 3.34. The van der Waals surface area contributed by atoms with Gasteiger partial charge in [0.2, 0.25) is 0 Å². The van der Waals surface area contributed by atoms with E-state index >= 15 is 0 Å². The predicted molar refractivity (Wildman–Crippen MR) is 111 cm³/mol. The van der Waals surface area contributed by atoms with Gasteiger partial charge in [0, 0.05) is 18.2 Å². The van der Waals surface area contributed by atoms with E-state index in [-0.39, 0.29) is 24.4 Å². The second-order valence-electron chi connectivity index (χ2n) is 7.37. The number of amides is 1. The minimum Gasteiger partial charge on any atom is -0.466 e. The number of nitrogens with two attached hydrogens (primary N) is 1. The van der Waals surface area contributed by atoms with Gasteiger partial charge >= 0.3 is 0 Å². The Morgan fingerprint density at radius 1 is 1.25 bits per heavy atom. The third kappa shape index (κ3) is 4.36. The number of hydrogen-bond donors (Lipinski definition) is 2. The largest absolute Gasteiger partial charge is 0.466 e. The summed E-state index contributed by atoms with van der Waals surface area (Å²) in [5, 5.41) is 7.64. The summed E-state index contributed by atoms with van der Waals surface area (Å²) in [5.41, 5.74) is 8.73. The summed E-state index contributed by atoms with van der Waals surface area (Å²) in [4.78, 5) is 17.6. The van der Waals surface area contributed by atoms with Gasteiger partial charge in [-0.3, -0.25) is 4.79 Å². The Labute approximate surface area is 170 Å². The second kappa shape index (κ2) is 8.75. The molecule has 1 amide bonds. The van der Waals surface area contributed by atoms with Crippen LogP contribution in [0.3, 0.4) is 0 Å². The lowest BCUT2D eigenvalue weighted by atomic mass is 10.0. The molecule has 0 saturated carbocycles. The highest BCUT2D eigenvalue weighted by molar-refractivity contribution is 6.07. The van der Waals surface area contributed by atoms with Crippen LogP contribution in [0.25, 0.3) is 22.4 Å². The number of halogens is 1. The van der Waals surface area contributed by atoms with Crippen molar-refractivity contribution in [1.29, 1.82) is 0 Å². The zero-order valence-electron chi connectivity index (χ0n) is 16.8. The van der Waals surface area contributed by atoms with Crippen molar-refractivity contribution in [1.82, 2.24) is 15.5 Å². The Bertz CT molecular complexity index is 977. The quantitative estimate of drug-likeness (QED) is 0.642. The van der Waals surface area contributed by atoms with E-state index in [1.807, 2.05) is 19.9 Å². The third-order valence-corrected chi connectivity index (χ3v) is 4.55. The molecule has 3 N–H and O–H groups in total. The van der Waals surface area contributed by atoms with Gasteiger partial charge < -0.3 is 20.0 Å². The maximum absolute atomic E-state index is 13.0. The molecule has 3 aromatic rings. The number of pyridine rings is 1. The first-order valence-corrected chi connectivity index (χ1v) is 9.15. The van der Waals surface area contributed by atoms with Gasteiger partial charge in [0.15, 0.2) is 0 Å². The number of carbonyl (C=O) groups is 1. The molecular formula is C20H27ClN4O3. The lowest BCUT2D eigenvalue weighted by molar-refractivity contribution is 0.0935. The predicted octanol–water partition coefficient (Wildman–Crippen LogP) is 3.93. The second-order valence-corrected chi connectivity index (χ2v) is 7.37.